The fourth-order valence-corrected chi connectivity index (χ4v) is 0.286. The molecular formula is C4H7N3O4. The minimum Gasteiger partial charge on any atom is -0.462 e. The van der Waals surface area contributed by atoms with Crippen LogP contribution in [0.25, 0.3) is 0 Å². The molecule has 0 rings (SSSR count). The van der Waals surface area contributed by atoms with Gasteiger partial charge < -0.3 is 10.5 Å². The Hall–Kier alpha value is -1.63. The van der Waals surface area contributed by atoms with Gasteiger partial charge in [0.2, 0.25) is 0 Å². The number of methoxy groups -OCH3 is 1. The van der Waals surface area contributed by atoms with Gasteiger partial charge in [0.1, 0.15) is 0 Å². The number of hydrazine groups is 1. The van der Waals surface area contributed by atoms with E-state index in [0.29, 0.717) is 0 Å². The zero-order valence-corrected chi connectivity index (χ0v) is 5.73. The molecule has 7 nitrogen and oxygen atoms in total. The number of carbonyl (C=O) groups excluding carboxylic acids is 3. The minimum atomic E-state index is -1.31. The van der Waals surface area contributed by atoms with E-state index in [9.17, 15) is 14.4 Å². The number of hydrogen-bond donors (Lipinski definition) is 2. The van der Waals surface area contributed by atoms with Crippen molar-refractivity contribution in [3.63, 3.8) is 0 Å². The SMILES string of the molecule is COC(=O)C(=O)N(N)C(N)=O. The Bertz CT molecular complexity index is 202. The number of primary amides is 1. The number of nitrogens with two attached hydrogens (primary N) is 2. The molecule has 0 radical (unpaired) electrons. The number of ether oxygens (including phenoxy) is 1. The summed E-state index contributed by atoms with van der Waals surface area (Å²) in [5.74, 6) is 2.20. The highest BCUT2D eigenvalue weighted by Gasteiger charge is 2.23. The molecule has 0 saturated heterocycles. The highest BCUT2D eigenvalue weighted by molar-refractivity contribution is 6.34. The second-order valence-corrected chi connectivity index (χ2v) is 1.50. The minimum absolute atomic E-state index is 0.0359. The lowest BCUT2D eigenvalue weighted by Gasteiger charge is -2.08. The molecule has 7 heteroatoms. The number of urea groups is 1. The Morgan fingerprint density at radius 3 is 2.09 bits per heavy atom. The van der Waals surface area contributed by atoms with Crippen LogP contribution in [0, 0.1) is 0 Å². The van der Waals surface area contributed by atoms with E-state index >= 15 is 0 Å². The maximum Gasteiger partial charge on any atom is 0.398 e. The molecule has 0 bridgehead atoms. The summed E-state index contributed by atoms with van der Waals surface area (Å²) in [6.45, 7) is 0. The first-order valence-electron chi connectivity index (χ1n) is 2.47. The van der Waals surface area contributed by atoms with E-state index in [1.807, 2.05) is 0 Å². The van der Waals surface area contributed by atoms with Gasteiger partial charge in [-0.05, 0) is 0 Å². The molecule has 0 unspecified atom stereocenters. The van der Waals surface area contributed by atoms with Gasteiger partial charge in [0.05, 0.1) is 7.11 Å². The first-order chi connectivity index (χ1) is 5.00. The summed E-state index contributed by atoms with van der Waals surface area (Å²) < 4.78 is 3.97. The van der Waals surface area contributed by atoms with Crippen molar-refractivity contribution in [2.24, 2.45) is 11.6 Å². The number of esters is 1. The number of amides is 3. The lowest BCUT2D eigenvalue weighted by atomic mass is 10.6. The zero-order valence-electron chi connectivity index (χ0n) is 5.73. The van der Waals surface area contributed by atoms with Crippen molar-refractivity contribution in [1.82, 2.24) is 5.01 Å². The van der Waals surface area contributed by atoms with Gasteiger partial charge in [-0.25, -0.2) is 15.4 Å². The number of imide groups is 1. The molecule has 0 aromatic rings. The molecule has 0 fully saturated rings. The van der Waals surface area contributed by atoms with Gasteiger partial charge in [-0.3, -0.25) is 4.79 Å². The van der Waals surface area contributed by atoms with Crippen LogP contribution in [-0.2, 0) is 14.3 Å². The van der Waals surface area contributed by atoms with Crippen molar-refractivity contribution in [3.05, 3.63) is 0 Å². The van der Waals surface area contributed by atoms with Crippen molar-refractivity contribution < 1.29 is 19.1 Å². The molecule has 3 amide bonds. The maximum atomic E-state index is 10.5. The zero-order chi connectivity index (χ0) is 9.02. The highest BCUT2D eigenvalue weighted by Crippen LogP contribution is 1.82. The number of rotatable bonds is 0. The number of carbonyl (C=O) groups is 3. The largest absolute Gasteiger partial charge is 0.462 e. The van der Waals surface area contributed by atoms with Crippen LogP contribution >= 0.6 is 0 Å². The predicted octanol–water partition coefficient (Wildman–Crippen LogP) is -2.06. The number of hydrogen-bond acceptors (Lipinski definition) is 5. The summed E-state index contributed by atoms with van der Waals surface area (Å²) in [7, 11) is 0.981. The van der Waals surface area contributed by atoms with Gasteiger partial charge in [0.25, 0.3) is 0 Å². The molecule has 4 N–H and O–H groups in total. The Balaban J connectivity index is 4.25. The van der Waals surface area contributed by atoms with Crippen LogP contribution in [0.15, 0.2) is 0 Å². The molecule has 0 aromatic heterocycles. The van der Waals surface area contributed by atoms with Crippen molar-refractivity contribution in [2.45, 2.75) is 0 Å². The Morgan fingerprint density at radius 1 is 1.36 bits per heavy atom. The van der Waals surface area contributed by atoms with Gasteiger partial charge in [-0.15, -0.1) is 0 Å². The molecule has 0 aromatic carbocycles. The summed E-state index contributed by atoms with van der Waals surface area (Å²) in [5.41, 5.74) is 4.56. The van der Waals surface area contributed by atoms with E-state index in [4.69, 9.17) is 5.84 Å². The maximum absolute atomic E-state index is 10.5. The van der Waals surface area contributed by atoms with Crippen LogP contribution in [0.3, 0.4) is 0 Å². The fraction of sp³-hybridized carbons (Fsp3) is 0.250. The van der Waals surface area contributed by atoms with Crippen LogP contribution in [0.4, 0.5) is 4.79 Å². The smallest absolute Gasteiger partial charge is 0.398 e. The predicted molar refractivity (Wildman–Crippen MR) is 32.6 cm³/mol. The molecule has 0 heterocycles. The van der Waals surface area contributed by atoms with E-state index in [2.05, 4.69) is 10.5 Å². The third kappa shape index (κ3) is 2.22. The standard InChI is InChI=1S/C4H7N3O4/c1-11-3(9)2(8)7(6)4(5)10/h6H2,1H3,(H2,5,10). The first-order valence-corrected chi connectivity index (χ1v) is 2.47. The van der Waals surface area contributed by atoms with Crippen LogP contribution in [0.5, 0.6) is 0 Å². The summed E-state index contributed by atoms with van der Waals surface area (Å²) in [5, 5.41) is -0.0359. The molecule has 62 valence electrons. The molecule has 11 heavy (non-hydrogen) atoms. The molecule has 0 spiro atoms. The van der Waals surface area contributed by atoms with E-state index < -0.39 is 17.9 Å². The summed E-state index contributed by atoms with van der Waals surface area (Å²) in [4.78, 5) is 31.1. The average molecular weight is 161 g/mol. The van der Waals surface area contributed by atoms with Crippen molar-refractivity contribution in [3.8, 4) is 0 Å². The fourth-order valence-electron chi connectivity index (χ4n) is 0.286. The molecule has 0 aliphatic rings. The lowest BCUT2D eigenvalue weighted by molar-refractivity contribution is -0.156. The monoisotopic (exact) mass is 161 g/mol. The van der Waals surface area contributed by atoms with Crippen LogP contribution in [0.1, 0.15) is 0 Å². The molecule has 0 atom stereocenters. The Kier molecular flexibility index (Phi) is 3.00. The second kappa shape index (κ2) is 3.52. The summed E-state index contributed by atoms with van der Waals surface area (Å²) >= 11 is 0. The second-order valence-electron chi connectivity index (χ2n) is 1.50. The average Bonchev–Trinajstić information content (AvgIpc) is 2.00. The summed E-state index contributed by atoms with van der Waals surface area (Å²) in [6, 6.07) is -1.22. The van der Waals surface area contributed by atoms with Crippen molar-refractivity contribution in [2.75, 3.05) is 7.11 Å². The molecule has 0 aliphatic heterocycles. The van der Waals surface area contributed by atoms with Gasteiger partial charge in [0.15, 0.2) is 0 Å². The normalized spacial score (nSPS) is 8.55. The summed E-state index contributed by atoms with van der Waals surface area (Å²) in [6.07, 6.45) is 0. The molecule has 0 aliphatic carbocycles. The van der Waals surface area contributed by atoms with Crippen LogP contribution in [0.2, 0.25) is 0 Å². The first kappa shape index (κ1) is 9.37. The van der Waals surface area contributed by atoms with Gasteiger partial charge in [-0.1, -0.05) is 0 Å². The molecule has 0 saturated carbocycles. The van der Waals surface area contributed by atoms with Gasteiger partial charge in [-0.2, -0.15) is 5.01 Å². The van der Waals surface area contributed by atoms with Crippen molar-refractivity contribution in [1.29, 1.82) is 0 Å². The van der Waals surface area contributed by atoms with Crippen LogP contribution < -0.4 is 11.6 Å². The van der Waals surface area contributed by atoms with Gasteiger partial charge >= 0.3 is 17.9 Å². The van der Waals surface area contributed by atoms with Crippen LogP contribution in [-0.4, -0.2) is 30.0 Å². The third-order valence-corrected chi connectivity index (χ3v) is 0.816. The third-order valence-electron chi connectivity index (χ3n) is 0.816. The Labute approximate surface area is 61.8 Å². The number of nitrogens with zero attached hydrogens (tertiary/aromatic N) is 1. The highest BCUT2D eigenvalue weighted by atomic mass is 16.5. The topological polar surface area (TPSA) is 116 Å². The van der Waals surface area contributed by atoms with Crippen molar-refractivity contribution >= 4 is 17.9 Å². The van der Waals surface area contributed by atoms with E-state index in [0.717, 1.165) is 7.11 Å². The van der Waals surface area contributed by atoms with Gasteiger partial charge in [0, 0.05) is 0 Å². The Morgan fingerprint density at radius 2 is 1.82 bits per heavy atom. The lowest BCUT2D eigenvalue weighted by Crippen LogP contribution is -2.49. The molecular weight excluding hydrogens is 154 g/mol. The quantitative estimate of drug-likeness (QED) is 0.139. The van der Waals surface area contributed by atoms with E-state index in [1.54, 1.807) is 0 Å². The van der Waals surface area contributed by atoms with E-state index in [1.165, 1.54) is 0 Å². The van der Waals surface area contributed by atoms with E-state index in [-0.39, 0.29) is 5.01 Å².